The molecule has 0 unspecified atom stereocenters. The molecule has 3 aliphatic heterocycles. The third-order valence-electron chi connectivity index (χ3n) is 8.93. The van der Waals surface area contributed by atoms with Crippen LogP contribution in [0.15, 0.2) is 36.0 Å². The highest BCUT2D eigenvalue weighted by atomic mass is 16.6. The van der Waals surface area contributed by atoms with E-state index in [1.807, 2.05) is 13.8 Å². The molecule has 9 nitrogen and oxygen atoms in total. The van der Waals surface area contributed by atoms with E-state index in [4.69, 9.17) is 23.7 Å². The van der Waals surface area contributed by atoms with Crippen LogP contribution in [0, 0.1) is 17.3 Å². The van der Waals surface area contributed by atoms with Gasteiger partial charge in [-0.3, -0.25) is 0 Å². The normalized spacial score (nSPS) is 44.9. The van der Waals surface area contributed by atoms with Gasteiger partial charge in [0.2, 0.25) is 0 Å². The minimum atomic E-state index is -1.33. The molecule has 2 N–H and O–H groups in total. The lowest BCUT2D eigenvalue weighted by Crippen LogP contribution is -2.59. The van der Waals surface area contributed by atoms with Gasteiger partial charge in [0.15, 0.2) is 6.10 Å². The standard InChI is InChI=1S/C29H42O9/c1-6-17(2)13-22-20-15-35-27(33)26(32)18(3)11-12-34-21(19(4)30)9-7-8-10-25(31)38-23-14-24(37-22)29(16-36-29)28(20,23)5/h7-10,13,18-24,26,30,32H,6,11-12,14-16H2,1-5H3/b9-7-,10-8-,17-13+/t18-,19-,20-,21+,22+,23+,24-,26-,28-,29-/m1/s1. The molecular weight excluding hydrogens is 492 g/mol. The van der Waals surface area contributed by atoms with E-state index in [1.54, 1.807) is 32.1 Å². The Morgan fingerprint density at radius 3 is 2.66 bits per heavy atom. The van der Waals surface area contributed by atoms with Crippen LogP contribution in [0.4, 0.5) is 0 Å². The smallest absolute Gasteiger partial charge is 0.335 e. The van der Waals surface area contributed by atoms with Gasteiger partial charge in [0.25, 0.3) is 0 Å². The Labute approximate surface area is 224 Å². The predicted octanol–water partition coefficient (Wildman–Crippen LogP) is 2.64. The summed E-state index contributed by atoms with van der Waals surface area (Å²) in [6, 6.07) is 0. The average Bonchev–Trinajstić information content (AvgIpc) is 3.66. The second-order valence-corrected chi connectivity index (χ2v) is 11.3. The molecule has 4 aliphatic rings. The van der Waals surface area contributed by atoms with E-state index in [0.717, 1.165) is 12.0 Å². The van der Waals surface area contributed by atoms with Gasteiger partial charge < -0.3 is 33.9 Å². The third-order valence-corrected chi connectivity index (χ3v) is 8.93. The van der Waals surface area contributed by atoms with Crippen molar-refractivity contribution in [2.75, 3.05) is 19.8 Å². The number of aliphatic hydroxyl groups is 2. The number of ether oxygens (including phenoxy) is 5. The molecular formula is C29H42O9. The predicted molar refractivity (Wildman–Crippen MR) is 138 cm³/mol. The fourth-order valence-corrected chi connectivity index (χ4v) is 6.04. The average molecular weight is 535 g/mol. The summed E-state index contributed by atoms with van der Waals surface area (Å²) >= 11 is 0. The Bertz CT molecular complexity index is 965. The molecule has 0 amide bonds. The molecule has 1 saturated carbocycles. The molecule has 0 aromatic carbocycles. The molecule has 0 aromatic heterocycles. The minimum Gasteiger partial charge on any atom is -0.463 e. The van der Waals surface area contributed by atoms with Crippen LogP contribution in [-0.4, -0.2) is 84.2 Å². The van der Waals surface area contributed by atoms with Crippen molar-refractivity contribution in [1.82, 2.24) is 0 Å². The zero-order chi connectivity index (χ0) is 27.7. The Balaban J connectivity index is 1.67. The summed E-state index contributed by atoms with van der Waals surface area (Å²) in [4.78, 5) is 25.8. The molecule has 2 bridgehead atoms. The molecule has 0 aromatic rings. The fraction of sp³-hybridized carbons (Fsp3) is 0.724. The van der Waals surface area contributed by atoms with E-state index in [1.165, 1.54) is 6.08 Å². The molecule has 1 spiro atoms. The molecule has 38 heavy (non-hydrogen) atoms. The topological polar surface area (TPSA) is 124 Å². The van der Waals surface area contributed by atoms with E-state index in [2.05, 4.69) is 13.0 Å². The second-order valence-electron chi connectivity index (χ2n) is 11.3. The highest BCUT2D eigenvalue weighted by Crippen LogP contribution is 2.65. The van der Waals surface area contributed by atoms with Crippen LogP contribution in [-0.2, 0) is 33.3 Å². The summed E-state index contributed by atoms with van der Waals surface area (Å²) in [6.45, 7) is 10.2. The number of hydrogen-bond acceptors (Lipinski definition) is 9. The summed E-state index contributed by atoms with van der Waals surface area (Å²) in [5.74, 6) is -1.99. The number of hydrogen-bond donors (Lipinski definition) is 2. The van der Waals surface area contributed by atoms with Crippen LogP contribution in [0.3, 0.4) is 0 Å². The Hall–Kier alpha value is -2.04. The maximum absolute atomic E-state index is 12.9. The van der Waals surface area contributed by atoms with Gasteiger partial charge in [0, 0.05) is 30.4 Å². The Morgan fingerprint density at radius 2 is 2.00 bits per heavy atom. The lowest BCUT2D eigenvalue weighted by Gasteiger charge is -2.48. The molecule has 1 aliphatic carbocycles. The van der Waals surface area contributed by atoms with Crippen LogP contribution in [0.5, 0.6) is 0 Å². The SMILES string of the molecule is CC/C(C)=C/[C@@H]1O[C@@H]2C[C@@H]3OC(=O)/C=C\C=C/[C@@H]([C@@H](C)O)OCC[C@@H](C)[C@@H](O)C(=O)OC[C@H]1[C@@]3(C)[C@@]21CO1. The van der Waals surface area contributed by atoms with Crippen molar-refractivity contribution >= 4 is 11.9 Å². The Morgan fingerprint density at radius 1 is 1.26 bits per heavy atom. The highest BCUT2D eigenvalue weighted by Gasteiger charge is 2.78. The molecule has 2 saturated heterocycles. The number of carbonyl (C=O) groups excluding carboxylic acids is 2. The summed E-state index contributed by atoms with van der Waals surface area (Å²) < 4.78 is 30.0. The van der Waals surface area contributed by atoms with Crippen molar-refractivity contribution in [3.63, 3.8) is 0 Å². The van der Waals surface area contributed by atoms with Crippen LogP contribution >= 0.6 is 0 Å². The summed E-state index contributed by atoms with van der Waals surface area (Å²) in [5.41, 5.74) is -0.140. The fourth-order valence-electron chi connectivity index (χ4n) is 6.04. The highest BCUT2D eigenvalue weighted by molar-refractivity contribution is 5.82. The summed E-state index contributed by atoms with van der Waals surface area (Å²) in [6.07, 6.45) is 6.12. The number of aliphatic hydroxyl groups excluding tert-OH is 2. The first kappa shape index (κ1) is 29.0. The van der Waals surface area contributed by atoms with Gasteiger partial charge in [-0.25, -0.2) is 9.59 Å². The van der Waals surface area contributed by atoms with Crippen LogP contribution in [0.2, 0.25) is 0 Å². The summed E-state index contributed by atoms with van der Waals surface area (Å²) in [5, 5.41) is 20.7. The minimum absolute atomic E-state index is 0.0116. The van der Waals surface area contributed by atoms with Crippen LogP contribution < -0.4 is 0 Å². The first-order valence-electron chi connectivity index (χ1n) is 13.7. The molecule has 3 heterocycles. The molecule has 3 fully saturated rings. The Kier molecular flexibility index (Phi) is 8.84. The van der Waals surface area contributed by atoms with Gasteiger partial charge in [0.1, 0.15) is 17.8 Å². The first-order chi connectivity index (χ1) is 18.0. The zero-order valence-electron chi connectivity index (χ0n) is 23.0. The van der Waals surface area contributed by atoms with Crippen molar-refractivity contribution in [2.24, 2.45) is 17.3 Å². The van der Waals surface area contributed by atoms with Crippen molar-refractivity contribution in [3.05, 3.63) is 36.0 Å². The van der Waals surface area contributed by atoms with Gasteiger partial charge in [-0.2, -0.15) is 0 Å². The van der Waals surface area contributed by atoms with Gasteiger partial charge >= 0.3 is 11.9 Å². The lowest BCUT2D eigenvalue weighted by atomic mass is 9.64. The second kappa shape index (κ2) is 11.6. The van der Waals surface area contributed by atoms with E-state index in [9.17, 15) is 19.8 Å². The molecule has 10 atom stereocenters. The van der Waals surface area contributed by atoms with Crippen LogP contribution in [0.25, 0.3) is 0 Å². The lowest BCUT2D eigenvalue weighted by molar-refractivity contribution is -0.187. The van der Waals surface area contributed by atoms with Gasteiger partial charge in [0.05, 0.1) is 31.5 Å². The van der Waals surface area contributed by atoms with Gasteiger partial charge in [-0.15, -0.1) is 0 Å². The maximum atomic E-state index is 12.9. The van der Waals surface area contributed by atoms with Crippen LogP contribution in [0.1, 0.15) is 53.9 Å². The maximum Gasteiger partial charge on any atom is 0.335 e. The number of carbonyl (C=O) groups is 2. The van der Waals surface area contributed by atoms with Crippen molar-refractivity contribution in [3.8, 4) is 0 Å². The number of cyclic esters (lactones) is 1. The largest absolute Gasteiger partial charge is 0.463 e. The zero-order valence-corrected chi connectivity index (χ0v) is 23.0. The van der Waals surface area contributed by atoms with E-state index >= 15 is 0 Å². The van der Waals surface area contributed by atoms with E-state index < -0.39 is 53.3 Å². The molecule has 212 valence electrons. The molecule has 9 heteroatoms. The van der Waals surface area contributed by atoms with Crippen molar-refractivity contribution < 1.29 is 43.5 Å². The summed E-state index contributed by atoms with van der Waals surface area (Å²) in [7, 11) is 0. The van der Waals surface area contributed by atoms with E-state index in [0.29, 0.717) is 19.4 Å². The number of allylic oxidation sites excluding steroid dienone is 3. The molecule has 0 radical (unpaired) electrons. The monoisotopic (exact) mass is 534 g/mol. The van der Waals surface area contributed by atoms with E-state index in [-0.39, 0.29) is 31.3 Å². The van der Waals surface area contributed by atoms with Crippen molar-refractivity contribution in [1.29, 1.82) is 0 Å². The van der Waals surface area contributed by atoms with Gasteiger partial charge in [-0.05, 0) is 32.6 Å². The number of rotatable bonds is 3. The molecule has 4 rings (SSSR count). The first-order valence-corrected chi connectivity index (χ1v) is 13.7. The van der Waals surface area contributed by atoms with Crippen molar-refractivity contribution in [2.45, 2.75) is 96.1 Å². The van der Waals surface area contributed by atoms with Gasteiger partial charge in [-0.1, -0.05) is 50.6 Å². The number of epoxide rings is 1. The quantitative estimate of drug-likeness (QED) is 0.319. The number of esters is 2. The third kappa shape index (κ3) is 5.49.